The number of hydrogen-bond donors (Lipinski definition) is 2. The van der Waals surface area contributed by atoms with E-state index in [0.717, 1.165) is 55.3 Å². The Morgan fingerprint density at radius 1 is 1.02 bits per heavy atom. The van der Waals surface area contributed by atoms with Gasteiger partial charge in [-0.25, -0.2) is 14.8 Å². The van der Waals surface area contributed by atoms with Crippen LogP contribution in [0.15, 0.2) is 53.7 Å². The van der Waals surface area contributed by atoms with Crippen molar-refractivity contribution in [3.8, 4) is 0 Å². The first-order valence-corrected chi connectivity index (χ1v) is 19.2. The lowest BCUT2D eigenvalue weighted by Crippen LogP contribution is -2.41. The number of rotatable bonds is 2. The standard InChI is InChI=1S/C40H55N7O3S/c1-25-21-31(30-22-27(15-18-41-30)26-16-19-46(20-17-26)37(49)50-39(5,6)7)42-33-11-10-12-34(44-33)51-45-36(48)29-13-14-32(38(2,3)4)43-35(29)47-24-28(25)23-40(47,8)9/h10-15,18,22,25-26,28,31H,16-17,19-21,23-24H2,1-9H3,(H,42,44)(H,45,48)/t25-,28-,31?/m0/s1. The van der Waals surface area contributed by atoms with E-state index in [1.807, 2.05) is 62.2 Å². The van der Waals surface area contributed by atoms with Crippen molar-refractivity contribution in [3.05, 3.63) is 71.2 Å². The van der Waals surface area contributed by atoms with Crippen LogP contribution in [0.5, 0.6) is 0 Å². The van der Waals surface area contributed by atoms with Crippen LogP contribution < -0.4 is 14.9 Å². The van der Waals surface area contributed by atoms with Crippen molar-refractivity contribution in [1.82, 2.24) is 24.6 Å². The highest BCUT2D eigenvalue weighted by atomic mass is 32.2. The Morgan fingerprint density at radius 2 is 1.76 bits per heavy atom. The molecule has 3 aliphatic rings. The molecule has 0 radical (unpaired) electrons. The molecule has 2 saturated heterocycles. The highest BCUT2D eigenvalue weighted by Gasteiger charge is 2.43. The molecule has 4 bridgehead atoms. The molecule has 51 heavy (non-hydrogen) atoms. The van der Waals surface area contributed by atoms with Crippen molar-refractivity contribution in [2.75, 3.05) is 29.9 Å². The van der Waals surface area contributed by atoms with Gasteiger partial charge in [-0.3, -0.25) is 14.5 Å². The van der Waals surface area contributed by atoms with E-state index in [1.165, 1.54) is 17.5 Å². The molecule has 10 nitrogen and oxygen atoms in total. The molecule has 1 unspecified atom stereocenters. The summed E-state index contributed by atoms with van der Waals surface area (Å²) in [4.78, 5) is 45.7. The maximum Gasteiger partial charge on any atom is 0.410 e. The number of likely N-dealkylation sites (tertiary alicyclic amines) is 1. The summed E-state index contributed by atoms with van der Waals surface area (Å²) in [6.07, 6.45) is 5.29. The molecule has 3 aromatic rings. The maximum absolute atomic E-state index is 13.8. The summed E-state index contributed by atoms with van der Waals surface area (Å²) < 4.78 is 8.69. The number of hydrogen-bond acceptors (Lipinski definition) is 9. The molecule has 6 heterocycles. The number of anilines is 2. The molecule has 11 heteroatoms. The minimum atomic E-state index is -0.506. The van der Waals surface area contributed by atoms with E-state index < -0.39 is 5.60 Å². The van der Waals surface area contributed by atoms with Crippen molar-refractivity contribution in [2.45, 2.75) is 122 Å². The summed E-state index contributed by atoms with van der Waals surface area (Å²) in [5.74, 6) is 2.35. The number of amides is 2. The predicted molar refractivity (Wildman–Crippen MR) is 204 cm³/mol. The van der Waals surface area contributed by atoms with Crippen LogP contribution in [0.3, 0.4) is 0 Å². The predicted octanol–water partition coefficient (Wildman–Crippen LogP) is 8.52. The summed E-state index contributed by atoms with van der Waals surface area (Å²) in [6, 6.07) is 14.1. The van der Waals surface area contributed by atoms with Gasteiger partial charge in [-0.1, -0.05) is 33.8 Å². The lowest BCUT2D eigenvalue weighted by molar-refractivity contribution is 0.0204. The van der Waals surface area contributed by atoms with E-state index in [9.17, 15) is 9.59 Å². The molecule has 2 amide bonds. The summed E-state index contributed by atoms with van der Waals surface area (Å²) in [5, 5.41) is 4.44. The number of piperidine rings is 1. The third-order valence-electron chi connectivity index (χ3n) is 10.5. The molecule has 3 aromatic heterocycles. The Bertz CT molecular complexity index is 1740. The van der Waals surface area contributed by atoms with E-state index in [-0.39, 0.29) is 29.0 Å². The smallest absolute Gasteiger partial charge is 0.410 e. The first kappa shape index (κ1) is 36.9. The third-order valence-corrected chi connectivity index (χ3v) is 11.3. The number of fused-ring (bicyclic) bond motifs is 6. The molecular weight excluding hydrogens is 659 g/mol. The molecule has 2 fully saturated rings. The van der Waals surface area contributed by atoms with Crippen molar-refractivity contribution in [2.24, 2.45) is 11.8 Å². The van der Waals surface area contributed by atoms with E-state index in [1.54, 1.807) is 0 Å². The van der Waals surface area contributed by atoms with Crippen molar-refractivity contribution >= 4 is 35.6 Å². The van der Waals surface area contributed by atoms with Gasteiger partial charge in [-0.15, -0.1) is 0 Å². The minimum Gasteiger partial charge on any atom is -0.444 e. The summed E-state index contributed by atoms with van der Waals surface area (Å²) in [5.41, 5.74) is 2.93. The van der Waals surface area contributed by atoms with Crippen molar-refractivity contribution < 1.29 is 14.3 Å². The number of carbonyl (C=O) groups excluding carboxylic acids is 2. The van der Waals surface area contributed by atoms with Gasteiger partial charge < -0.3 is 19.9 Å². The first-order valence-electron chi connectivity index (χ1n) is 18.4. The fraction of sp³-hybridized carbons (Fsp3) is 0.575. The molecule has 2 N–H and O–H groups in total. The Kier molecular flexibility index (Phi) is 10.3. The Hall–Kier alpha value is -3.86. The van der Waals surface area contributed by atoms with Crippen LogP contribution in [-0.4, -0.2) is 62.6 Å². The van der Waals surface area contributed by atoms with Crippen LogP contribution in [0.1, 0.15) is 127 Å². The van der Waals surface area contributed by atoms with E-state index in [2.05, 4.69) is 68.6 Å². The van der Waals surface area contributed by atoms with Crippen LogP contribution in [-0.2, 0) is 10.2 Å². The van der Waals surface area contributed by atoms with Gasteiger partial charge in [-0.2, -0.15) is 0 Å². The Labute approximate surface area is 308 Å². The Morgan fingerprint density at radius 3 is 2.47 bits per heavy atom. The van der Waals surface area contributed by atoms with Gasteiger partial charge >= 0.3 is 6.09 Å². The second-order valence-corrected chi connectivity index (χ2v) is 18.1. The summed E-state index contributed by atoms with van der Waals surface area (Å²) in [6.45, 7) is 21.2. The fourth-order valence-corrected chi connectivity index (χ4v) is 8.23. The van der Waals surface area contributed by atoms with E-state index in [0.29, 0.717) is 41.4 Å². The number of nitrogens with one attached hydrogen (secondary N) is 2. The highest BCUT2D eigenvalue weighted by Crippen LogP contribution is 2.43. The van der Waals surface area contributed by atoms with Gasteiger partial charge in [0.05, 0.1) is 17.3 Å². The molecule has 0 spiro atoms. The lowest BCUT2D eigenvalue weighted by Gasteiger charge is -2.34. The van der Waals surface area contributed by atoms with Crippen LogP contribution >= 0.6 is 11.9 Å². The van der Waals surface area contributed by atoms with E-state index >= 15 is 0 Å². The normalized spacial score (nSPS) is 23.0. The minimum absolute atomic E-state index is 0.0793. The fourth-order valence-electron chi connectivity index (χ4n) is 7.64. The highest BCUT2D eigenvalue weighted by molar-refractivity contribution is 7.97. The number of pyridine rings is 3. The monoisotopic (exact) mass is 713 g/mol. The summed E-state index contributed by atoms with van der Waals surface area (Å²) >= 11 is 1.22. The molecule has 0 aromatic carbocycles. The number of ether oxygens (including phenoxy) is 1. The molecule has 274 valence electrons. The SMILES string of the molecule is C[C@H]1CC(c2cc(C3CCN(C(=O)OC(C)(C)C)CC3)ccn2)Nc2cccc(n2)SNC(=O)c2ccc(C(C)(C)C)nc2N2C[C@@H]1CC2(C)C. The van der Waals surface area contributed by atoms with Crippen LogP contribution in [0.4, 0.5) is 16.4 Å². The molecule has 3 atom stereocenters. The average Bonchev–Trinajstić information content (AvgIpc) is 3.40. The number of aromatic nitrogens is 3. The average molecular weight is 714 g/mol. The second kappa shape index (κ2) is 14.3. The topological polar surface area (TPSA) is 113 Å². The maximum atomic E-state index is 13.8. The van der Waals surface area contributed by atoms with Crippen LogP contribution in [0.25, 0.3) is 0 Å². The van der Waals surface area contributed by atoms with Crippen molar-refractivity contribution in [3.63, 3.8) is 0 Å². The van der Waals surface area contributed by atoms with E-state index in [4.69, 9.17) is 19.7 Å². The van der Waals surface area contributed by atoms with Gasteiger partial charge in [-0.05, 0) is 120 Å². The first-order chi connectivity index (χ1) is 24.0. The molecule has 6 rings (SSSR count). The van der Waals surface area contributed by atoms with Gasteiger partial charge in [0.1, 0.15) is 22.3 Å². The zero-order chi connectivity index (χ0) is 36.7. The van der Waals surface area contributed by atoms with Gasteiger partial charge in [0.15, 0.2) is 0 Å². The van der Waals surface area contributed by atoms with Gasteiger partial charge in [0.25, 0.3) is 5.91 Å². The van der Waals surface area contributed by atoms with Crippen molar-refractivity contribution in [1.29, 1.82) is 0 Å². The zero-order valence-corrected chi connectivity index (χ0v) is 32.6. The zero-order valence-electron chi connectivity index (χ0n) is 31.7. The van der Waals surface area contributed by atoms with Crippen LogP contribution in [0, 0.1) is 11.8 Å². The molecule has 3 aliphatic heterocycles. The summed E-state index contributed by atoms with van der Waals surface area (Å²) in [7, 11) is 0. The number of carbonyl (C=O) groups is 2. The van der Waals surface area contributed by atoms with Crippen LogP contribution in [0.2, 0.25) is 0 Å². The quantitative estimate of drug-likeness (QED) is 0.253. The number of nitrogens with zero attached hydrogens (tertiary/aromatic N) is 5. The Balaban J connectivity index is 1.30. The molecule has 0 saturated carbocycles. The lowest BCUT2D eigenvalue weighted by atomic mass is 9.83. The second-order valence-electron chi connectivity index (χ2n) is 17.3. The van der Waals surface area contributed by atoms with Gasteiger partial charge in [0, 0.05) is 54.4 Å². The largest absolute Gasteiger partial charge is 0.444 e. The molecule has 0 aliphatic carbocycles. The van der Waals surface area contributed by atoms with Gasteiger partial charge in [0.2, 0.25) is 0 Å². The molecular formula is C40H55N7O3S. The third kappa shape index (κ3) is 8.62.